The molecule has 0 saturated carbocycles. The summed E-state index contributed by atoms with van der Waals surface area (Å²) in [6.45, 7) is 5.63. The Balaban J connectivity index is 2.09. The fourth-order valence-electron chi connectivity index (χ4n) is 2.61. The number of nitro groups is 1. The Labute approximate surface area is 169 Å². The van der Waals surface area contributed by atoms with Crippen molar-refractivity contribution in [2.24, 2.45) is 0 Å². The number of ether oxygens (including phenoxy) is 1. The lowest BCUT2D eigenvalue weighted by atomic mass is 10.2. The van der Waals surface area contributed by atoms with E-state index in [4.69, 9.17) is 4.74 Å². The number of non-ortho nitro benzene ring substituents is 1. The van der Waals surface area contributed by atoms with Gasteiger partial charge in [-0.05, 0) is 36.8 Å². The van der Waals surface area contributed by atoms with Crippen LogP contribution in [0.1, 0.15) is 19.4 Å². The van der Waals surface area contributed by atoms with Gasteiger partial charge in [0.15, 0.2) is 6.61 Å². The summed E-state index contributed by atoms with van der Waals surface area (Å²) in [6.07, 6.45) is 0. The second-order valence-electron chi connectivity index (χ2n) is 6.15. The van der Waals surface area contributed by atoms with Crippen LogP contribution in [-0.2, 0) is 14.8 Å². The maximum Gasteiger partial charge on any atom is 0.269 e. The number of sulfonamides is 1. The van der Waals surface area contributed by atoms with Gasteiger partial charge >= 0.3 is 0 Å². The molecule has 156 valence electrons. The molecule has 0 saturated heterocycles. The molecule has 9 nitrogen and oxygen atoms in total. The highest BCUT2D eigenvalue weighted by atomic mass is 32.2. The van der Waals surface area contributed by atoms with Crippen LogP contribution in [0, 0.1) is 17.0 Å². The number of nitrogens with one attached hydrogen (secondary N) is 1. The smallest absolute Gasteiger partial charge is 0.269 e. The van der Waals surface area contributed by atoms with Crippen molar-refractivity contribution < 1.29 is 22.9 Å². The molecule has 1 amide bonds. The van der Waals surface area contributed by atoms with Crippen molar-refractivity contribution in [1.29, 1.82) is 0 Å². The quantitative estimate of drug-likeness (QED) is 0.491. The van der Waals surface area contributed by atoms with Crippen molar-refractivity contribution in [3.05, 3.63) is 58.1 Å². The number of carbonyl (C=O) groups excluding carboxylic acids is 1. The van der Waals surface area contributed by atoms with Crippen molar-refractivity contribution in [3.8, 4) is 5.75 Å². The topological polar surface area (TPSA) is 119 Å². The Bertz CT molecular complexity index is 986. The molecule has 0 aliphatic carbocycles. The number of rotatable bonds is 9. The molecule has 0 aromatic heterocycles. The first-order chi connectivity index (χ1) is 13.7. The normalized spacial score (nSPS) is 11.3. The Morgan fingerprint density at radius 2 is 1.76 bits per heavy atom. The number of anilines is 1. The van der Waals surface area contributed by atoms with Crippen LogP contribution in [0.2, 0.25) is 0 Å². The number of aryl methyl sites for hydroxylation is 1. The van der Waals surface area contributed by atoms with Gasteiger partial charge in [-0.15, -0.1) is 0 Å². The number of nitrogens with zero attached hydrogens (tertiary/aromatic N) is 2. The highest BCUT2D eigenvalue weighted by molar-refractivity contribution is 7.89. The van der Waals surface area contributed by atoms with Crippen LogP contribution in [-0.4, -0.2) is 43.2 Å². The van der Waals surface area contributed by atoms with E-state index in [2.05, 4.69) is 5.32 Å². The van der Waals surface area contributed by atoms with Crippen molar-refractivity contribution >= 4 is 27.3 Å². The van der Waals surface area contributed by atoms with Crippen LogP contribution in [0.5, 0.6) is 5.75 Å². The van der Waals surface area contributed by atoms with Crippen molar-refractivity contribution in [1.82, 2.24) is 4.31 Å². The summed E-state index contributed by atoms with van der Waals surface area (Å²) in [5.41, 5.74) is 0.992. The molecule has 1 N–H and O–H groups in total. The third-order valence-corrected chi connectivity index (χ3v) is 6.29. The summed E-state index contributed by atoms with van der Waals surface area (Å²) >= 11 is 0. The first kappa shape index (κ1) is 22.3. The van der Waals surface area contributed by atoms with Gasteiger partial charge in [-0.25, -0.2) is 8.42 Å². The number of benzene rings is 2. The number of amides is 1. The molecule has 2 rings (SSSR count). The Morgan fingerprint density at radius 1 is 1.14 bits per heavy atom. The van der Waals surface area contributed by atoms with Crippen LogP contribution >= 0.6 is 0 Å². The zero-order chi connectivity index (χ0) is 21.6. The van der Waals surface area contributed by atoms with Gasteiger partial charge in [0.05, 0.1) is 9.82 Å². The van der Waals surface area contributed by atoms with E-state index in [1.54, 1.807) is 26.8 Å². The highest BCUT2D eigenvalue weighted by Crippen LogP contribution is 2.23. The van der Waals surface area contributed by atoms with Gasteiger partial charge in [-0.1, -0.05) is 19.9 Å². The summed E-state index contributed by atoms with van der Waals surface area (Å²) in [4.78, 5) is 22.4. The zero-order valence-electron chi connectivity index (χ0n) is 16.4. The molecule has 0 heterocycles. The van der Waals surface area contributed by atoms with Gasteiger partial charge in [-0.3, -0.25) is 14.9 Å². The van der Waals surface area contributed by atoms with Crippen LogP contribution in [0.3, 0.4) is 0 Å². The molecule has 0 atom stereocenters. The first-order valence-electron chi connectivity index (χ1n) is 8.97. The molecule has 0 bridgehead atoms. The highest BCUT2D eigenvalue weighted by Gasteiger charge is 2.22. The molecule has 0 aliphatic heterocycles. The monoisotopic (exact) mass is 421 g/mol. The molecule has 2 aromatic carbocycles. The van der Waals surface area contributed by atoms with E-state index >= 15 is 0 Å². The molecule has 0 unspecified atom stereocenters. The lowest BCUT2D eigenvalue weighted by Gasteiger charge is -2.19. The number of hydrogen-bond donors (Lipinski definition) is 1. The standard InChI is InChI=1S/C19H23N3O6S/c1-4-21(5-2)29(26,27)17-11-6-14(3)18(12-17)20-19(23)13-28-16-9-7-15(8-10-16)22(24)25/h6-12H,4-5,13H2,1-3H3,(H,20,23). The summed E-state index contributed by atoms with van der Waals surface area (Å²) in [7, 11) is -3.65. The molecule has 0 fully saturated rings. The van der Waals surface area contributed by atoms with E-state index in [1.807, 2.05) is 0 Å². The zero-order valence-corrected chi connectivity index (χ0v) is 17.2. The molecule has 29 heavy (non-hydrogen) atoms. The largest absolute Gasteiger partial charge is 0.484 e. The minimum Gasteiger partial charge on any atom is -0.484 e. The first-order valence-corrected chi connectivity index (χ1v) is 10.4. The molecule has 10 heteroatoms. The van der Waals surface area contributed by atoms with Crippen LogP contribution in [0.4, 0.5) is 11.4 Å². The van der Waals surface area contributed by atoms with Crippen LogP contribution in [0.25, 0.3) is 0 Å². The van der Waals surface area contributed by atoms with E-state index in [-0.39, 0.29) is 17.2 Å². The summed E-state index contributed by atoms with van der Waals surface area (Å²) in [5, 5.41) is 13.3. The SMILES string of the molecule is CCN(CC)S(=O)(=O)c1ccc(C)c(NC(=O)COc2ccc([N+](=O)[O-])cc2)c1. The number of carbonyl (C=O) groups is 1. The molecule has 0 spiro atoms. The van der Waals surface area contributed by atoms with Gasteiger partial charge in [0.25, 0.3) is 11.6 Å². The average Bonchev–Trinajstić information content (AvgIpc) is 2.69. The van der Waals surface area contributed by atoms with E-state index in [0.29, 0.717) is 30.1 Å². The second kappa shape index (κ2) is 9.48. The maximum atomic E-state index is 12.7. The molecular weight excluding hydrogens is 398 g/mol. The average molecular weight is 421 g/mol. The van der Waals surface area contributed by atoms with Gasteiger partial charge in [0.1, 0.15) is 5.75 Å². The number of hydrogen-bond acceptors (Lipinski definition) is 6. The van der Waals surface area contributed by atoms with Crippen molar-refractivity contribution in [3.63, 3.8) is 0 Å². The molecule has 2 aromatic rings. The van der Waals surface area contributed by atoms with Crippen molar-refractivity contribution in [2.75, 3.05) is 25.0 Å². The fraction of sp³-hybridized carbons (Fsp3) is 0.316. The minimum absolute atomic E-state index is 0.0800. The fourth-order valence-corrected chi connectivity index (χ4v) is 4.09. The van der Waals surface area contributed by atoms with E-state index < -0.39 is 20.9 Å². The van der Waals surface area contributed by atoms with E-state index in [9.17, 15) is 23.3 Å². The second-order valence-corrected chi connectivity index (χ2v) is 8.09. The summed E-state index contributed by atoms with van der Waals surface area (Å²) in [6, 6.07) is 9.90. The minimum atomic E-state index is -3.65. The lowest BCUT2D eigenvalue weighted by molar-refractivity contribution is -0.384. The van der Waals surface area contributed by atoms with Crippen LogP contribution < -0.4 is 10.1 Å². The van der Waals surface area contributed by atoms with Gasteiger partial charge < -0.3 is 10.1 Å². The summed E-state index contributed by atoms with van der Waals surface area (Å²) in [5.74, 6) is -0.177. The number of nitro benzene ring substituents is 1. The molecule has 0 aliphatic rings. The Morgan fingerprint density at radius 3 is 2.31 bits per heavy atom. The molecule has 0 radical (unpaired) electrons. The van der Waals surface area contributed by atoms with Gasteiger partial charge in [0, 0.05) is 30.9 Å². The van der Waals surface area contributed by atoms with E-state index in [1.165, 1.54) is 40.7 Å². The third kappa shape index (κ3) is 5.52. The lowest BCUT2D eigenvalue weighted by Crippen LogP contribution is -2.30. The van der Waals surface area contributed by atoms with E-state index in [0.717, 1.165) is 0 Å². The maximum absolute atomic E-state index is 12.7. The molecular formula is C19H23N3O6S. The van der Waals surface area contributed by atoms with Gasteiger partial charge in [0.2, 0.25) is 10.0 Å². The van der Waals surface area contributed by atoms with Crippen molar-refractivity contribution in [2.45, 2.75) is 25.7 Å². The third-order valence-electron chi connectivity index (χ3n) is 4.24. The van der Waals surface area contributed by atoms with Crippen LogP contribution in [0.15, 0.2) is 47.4 Å². The Hall–Kier alpha value is -2.98. The Kier molecular flexibility index (Phi) is 7.29. The summed E-state index contributed by atoms with van der Waals surface area (Å²) < 4.78 is 32.0. The van der Waals surface area contributed by atoms with Gasteiger partial charge in [-0.2, -0.15) is 4.31 Å². The predicted octanol–water partition coefficient (Wildman–Crippen LogP) is 2.95. The predicted molar refractivity (Wildman–Crippen MR) is 109 cm³/mol.